The van der Waals surface area contributed by atoms with Crippen LogP contribution in [0.1, 0.15) is 18.2 Å². The molecule has 2 N–H and O–H groups in total. The van der Waals surface area contributed by atoms with Crippen LogP contribution < -0.4 is 15.5 Å². The smallest absolute Gasteiger partial charge is 0.317 e. The SMILES string of the molecule is CC1CC(=O)Nc2ccccc2N1C(=O)CN(C)C(=O)NCc1ccc(Cl)s1. The summed E-state index contributed by atoms with van der Waals surface area (Å²) in [6, 6.07) is 10.1. The number of hydrogen-bond acceptors (Lipinski definition) is 4. The number of halogens is 1. The van der Waals surface area contributed by atoms with Gasteiger partial charge in [0.15, 0.2) is 0 Å². The summed E-state index contributed by atoms with van der Waals surface area (Å²) in [5.74, 6) is -0.399. The van der Waals surface area contributed by atoms with Crippen LogP contribution in [0, 0.1) is 0 Å². The molecule has 0 spiro atoms. The number of carbonyl (C=O) groups is 3. The van der Waals surface area contributed by atoms with Gasteiger partial charge in [0, 0.05) is 24.4 Å². The maximum Gasteiger partial charge on any atom is 0.317 e. The third-order valence-electron chi connectivity index (χ3n) is 4.39. The van der Waals surface area contributed by atoms with E-state index in [1.165, 1.54) is 16.2 Å². The Balaban J connectivity index is 1.67. The molecule has 0 fully saturated rings. The van der Waals surface area contributed by atoms with E-state index in [4.69, 9.17) is 11.6 Å². The largest absolute Gasteiger partial charge is 0.333 e. The molecule has 2 aromatic rings. The van der Waals surface area contributed by atoms with Crippen LogP contribution in [0.5, 0.6) is 0 Å². The second kappa shape index (κ2) is 8.62. The van der Waals surface area contributed by atoms with E-state index in [0.717, 1.165) is 4.88 Å². The molecule has 3 rings (SSSR count). The molecule has 0 saturated heterocycles. The van der Waals surface area contributed by atoms with Crippen molar-refractivity contribution in [1.29, 1.82) is 0 Å². The van der Waals surface area contributed by atoms with E-state index in [2.05, 4.69) is 10.6 Å². The first kappa shape index (κ1) is 20.2. The van der Waals surface area contributed by atoms with Gasteiger partial charge < -0.3 is 20.4 Å². The van der Waals surface area contributed by atoms with Crippen LogP contribution in [-0.4, -0.2) is 42.4 Å². The summed E-state index contributed by atoms with van der Waals surface area (Å²) >= 11 is 7.28. The summed E-state index contributed by atoms with van der Waals surface area (Å²) in [5.41, 5.74) is 1.22. The Labute approximate surface area is 172 Å². The molecule has 1 aliphatic rings. The maximum atomic E-state index is 13.0. The molecular weight excluding hydrogens is 400 g/mol. The molecular formula is C19H21ClN4O3S. The second-order valence-electron chi connectivity index (χ2n) is 6.60. The number of fused-ring (bicyclic) bond motifs is 1. The molecule has 7 nitrogen and oxygen atoms in total. The number of nitrogens with one attached hydrogen (secondary N) is 2. The van der Waals surface area contributed by atoms with Gasteiger partial charge in [-0.1, -0.05) is 23.7 Å². The normalized spacial score (nSPS) is 16.0. The number of anilines is 2. The van der Waals surface area contributed by atoms with Gasteiger partial charge in [0.2, 0.25) is 11.8 Å². The summed E-state index contributed by atoms with van der Waals surface area (Å²) in [6.45, 7) is 2.06. The minimum atomic E-state index is -0.358. The molecule has 9 heteroatoms. The van der Waals surface area contributed by atoms with E-state index in [0.29, 0.717) is 22.3 Å². The number of hydrogen-bond donors (Lipinski definition) is 2. The van der Waals surface area contributed by atoms with Gasteiger partial charge in [-0.2, -0.15) is 0 Å². The predicted octanol–water partition coefficient (Wildman–Crippen LogP) is 3.31. The third kappa shape index (κ3) is 4.63. The van der Waals surface area contributed by atoms with Gasteiger partial charge in [-0.3, -0.25) is 9.59 Å². The molecule has 1 unspecified atom stereocenters. The Bertz CT molecular complexity index is 901. The number of likely N-dealkylation sites (N-methyl/N-ethyl adjacent to an activating group) is 1. The molecule has 0 saturated carbocycles. The number of benzene rings is 1. The van der Waals surface area contributed by atoms with Crippen molar-refractivity contribution in [3.8, 4) is 0 Å². The Morgan fingerprint density at radius 3 is 2.79 bits per heavy atom. The Kier molecular flexibility index (Phi) is 6.21. The van der Waals surface area contributed by atoms with Crippen molar-refractivity contribution in [1.82, 2.24) is 10.2 Å². The van der Waals surface area contributed by atoms with Gasteiger partial charge in [0.05, 0.1) is 22.3 Å². The van der Waals surface area contributed by atoms with Crippen molar-refractivity contribution in [2.24, 2.45) is 0 Å². The third-order valence-corrected chi connectivity index (χ3v) is 5.62. The molecule has 1 aliphatic heterocycles. The number of amides is 4. The van der Waals surface area contributed by atoms with E-state index in [1.807, 2.05) is 19.1 Å². The molecule has 148 valence electrons. The highest BCUT2D eigenvalue weighted by Gasteiger charge is 2.30. The van der Waals surface area contributed by atoms with E-state index in [9.17, 15) is 14.4 Å². The van der Waals surface area contributed by atoms with Crippen molar-refractivity contribution in [3.05, 3.63) is 45.6 Å². The minimum absolute atomic E-state index is 0.107. The fourth-order valence-electron chi connectivity index (χ4n) is 3.06. The Morgan fingerprint density at radius 1 is 1.32 bits per heavy atom. The van der Waals surface area contributed by atoms with Crippen LogP contribution in [0.4, 0.5) is 16.2 Å². The van der Waals surface area contributed by atoms with Crippen molar-refractivity contribution >= 4 is 52.2 Å². The Morgan fingerprint density at radius 2 is 2.07 bits per heavy atom. The molecule has 0 bridgehead atoms. The molecule has 1 aromatic heterocycles. The quantitative estimate of drug-likeness (QED) is 0.796. The zero-order chi connectivity index (χ0) is 20.3. The topological polar surface area (TPSA) is 81.8 Å². The average molecular weight is 421 g/mol. The number of rotatable bonds is 4. The van der Waals surface area contributed by atoms with Crippen molar-refractivity contribution < 1.29 is 14.4 Å². The van der Waals surface area contributed by atoms with Crippen LogP contribution in [-0.2, 0) is 16.1 Å². The number of thiophene rings is 1. The number of nitrogens with zero attached hydrogens (tertiary/aromatic N) is 2. The molecule has 1 aromatic carbocycles. The average Bonchev–Trinajstić information content (AvgIpc) is 3.00. The first-order valence-corrected chi connectivity index (χ1v) is 9.98. The fraction of sp³-hybridized carbons (Fsp3) is 0.316. The first-order chi connectivity index (χ1) is 13.3. The molecule has 28 heavy (non-hydrogen) atoms. The lowest BCUT2D eigenvalue weighted by Gasteiger charge is -2.29. The molecule has 2 heterocycles. The van der Waals surface area contributed by atoms with Crippen LogP contribution in [0.15, 0.2) is 36.4 Å². The van der Waals surface area contributed by atoms with Crippen molar-refractivity contribution in [2.75, 3.05) is 23.8 Å². The van der Waals surface area contributed by atoms with Crippen LogP contribution in [0.25, 0.3) is 0 Å². The zero-order valence-electron chi connectivity index (χ0n) is 15.6. The van der Waals surface area contributed by atoms with E-state index in [-0.39, 0.29) is 36.9 Å². The zero-order valence-corrected chi connectivity index (χ0v) is 17.1. The number of para-hydroxylation sites is 2. The lowest BCUT2D eigenvalue weighted by molar-refractivity contribution is -0.119. The van der Waals surface area contributed by atoms with Crippen molar-refractivity contribution in [3.63, 3.8) is 0 Å². The number of urea groups is 1. The van der Waals surface area contributed by atoms with Gasteiger partial charge >= 0.3 is 6.03 Å². The van der Waals surface area contributed by atoms with Crippen LogP contribution in [0.2, 0.25) is 4.34 Å². The van der Waals surface area contributed by atoms with Crippen molar-refractivity contribution in [2.45, 2.75) is 25.9 Å². The predicted molar refractivity (Wildman–Crippen MR) is 111 cm³/mol. The van der Waals surface area contributed by atoms with Gasteiger partial charge in [0.1, 0.15) is 6.54 Å². The Hall–Kier alpha value is -2.58. The summed E-state index contributed by atoms with van der Waals surface area (Å²) < 4.78 is 0.657. The highest BCUT2D eigenvalue weighted by Crippen LogP contribution is 2.31. The molecule has 0 radical (unpaired) electrons. The van der Waals surface area contributed by atoms with Gasteiger partial charge in [-0.25, -0.2) is 4.79 Å². The standard InChI is InChI=1S/C19H21ClN4O3S/c1-12-9-17(25)22-14-5-3-4-6-15(14)24(12)18(26)11-23(2)19(27)21-10-13-7-8-16(20)28-13/h3-8,12H,9-11H2,1-2H3,(H,21,27)(H,22,25). The minimum Gasteiger partial charge on any atom is -0.333 e. The van der Waals surface area contributed by atoms with Crippen LogP contribution in [0.3, 0.4) is 0 Å². The summed E-state index contributed by atoms with van der Waals surface area (Å²) in [7, 11) is 1.56. The maximum absolute atomic E-state index is 13.0. The van der Waals surface area contributed by atoms with E-state index in [1.54, 1.807) is 36.2 Å². The van der Waals surface area contributed by atoms with Gasteiger partial charge in [0.25, 0.3) is 0 Å². The summed E-state index contributed by atoms with van der Waals surface area (Å²) in [5, 5.41) is 5.59. The highest BCUT2D eigenvalue weighted by atomic mass is 35.5. The highest BCUT2D eigenvalue weighted by molar-refractivity contribution is 7.16. The lowest BCUT2D eigenvalue weighted by Crippen LogP contribution is -2.47. The molecule has 1 atom stereocenters. The monoisotopic (exact) mass is 420 g/mol. The second-order valence-corrected chi connectivity index (χ2v) is 8.40. The van der Waals surface area contributed by atoms with Crippen LogP contribution >= 0.6 is 22.9 Å². The van der Waals surface area contributed by atoms with Gasteiger partial charge in [-0.15, -0.1) is 11.3 Å². The number of carbonyl (C=O) groups excluding carboxylic acids is 3. The summed E-state index contributed by atoms with van der Waals surface area (Å²) in [4.78, 5) is 41.2. The lowest BCUT2D eigenvalue weighted by atomic mass is 10.1. The summed E-state index contributed by atoms with van der Waals surface area (Å²) in [6.07, 6.45) is 0.190. The first-order valence-electron chi connectivity index (χ1n) is 8.79. The van der Waals surface area contributed by atoms with E-state index < -0.39 is 0 Å². The molecule has 0 aliphatic carbocycles. The molecule has 4 amide bonds. The van der Waals surface area contributed by atoms with Gasteiger partial charge in [-0.05, 0) is 31.2 Å². The fourth-order valence-corrected chi connectivity index (χ4v) is 4.09. The van der Waals surface area contributed by atoms with E-state index >= 15 is 0 Å².